The van der Waals surface area contributed by atoms with E-state index in [4.69, 9.17) is 4.74 Å². The van der Waals surface area contributed by atoms with Crippen LogP contribution >= 0.6 is 0 Å². The van der Waals surface area contributed by atoms with Crippen molar-refractivity contribution < 1.29 is 4.74 Å². The Labute approximate surface area is 101 Å². The molecule has 2 aliphatic heterocycles. The van der Waals surface area contributed by atoms with Gasteiger partial charge in [0.15, 0.2) is 0 Å². The van der Waals surface area contributed by atoms with Crippen LogP contribution in [0.3, 0.4) is 0 Å². The first-order valence-electron chi connectivity index (χ1n) is 6.28. The quantitative estimate of drug-likeness (QED) is 0.744. The third-order valence-corrected chi connectivity index (χ3v) is 4.09. The first kappa shape index (κ1) is 9.49. The highest BCUT2D eigenvalue weighted by Gasteiger charge is 2.35. The van der Waals surface area contributed by atoms with Gasteiger partial charge in [-0.15, -0.1) is 0 Å². The molecule has 2 aliphatic rings. The summed E-state index contributed by atoms with van der Waals surface area (Å²) in [4.78, 5) is 0. The van der Waals surface area contributed by atoms with E-state index in [1.165, 1.54) is 16.3 Å². The summed E-state index contributed by atoms with van der Waals surface area (Å²) in [6.07, 6.45) is 0. The van der Waals surface area contributed by atoms with E-state index in [0.29, 0.717) is 11.8 Å². The van der Waals surface area contributed by atoms with E-state index >= 15 is 0 Å². The number of ether oxygens (including phenoxy) is 1. The Hall–Kier alpha value is -1.54. The molecular weight excluding hydrogens is 210 g/mol. The van der Waals surface area contributed by atoms with Crippen LogP contribution in [-0.4, -0.2) is 19.7 Å². The van der Waals surface area contributed by atoms with Crippen LogP contribution in [0.15, 0.2) is 36.4 Å². The number of fused-ring (bicyclic) bond motifs is 5. The van der Waals surface area contributed by atoms with E-state index in [2.05, 4.69) is 41.7 Å². The zero-order valence-corrected chi connectivity index (χ0v) is 9.65. The van der Waals surface area contributed by atoms with Crippen LogP contribution in [0.25, 0.3) is 10.8 Å². The van der Waals surface area contributed by atoms with E-state index in [-0.39, 0.29) is 0 Å². The number of hydrogen-bond acceptors (Lipinski definition) is 2. The molecule has 1 fully saturated rings. The number of benzene rings is 2. The molecule has 2 nitrogen and oxygen atoms in total. The van der Waals surface area contributed by atoms with Gasteiger partial charge in [0.2, 0.25) is 0 Å². The maximum absolute atomic E-state index is 5.91. The Kier molecular flexibility index (Phi) is 1.94. The van der Waals surface area contributed by atoms with Crippen molar-refractivity contribution in [2.45, 2.75) is 5.92 Å². The summed E-state index contributed by atoms with van der Waals surface area (Å²) in [7, 11) is 0. The molecule has 4 rings (SSSR count). The summed E-state index contributed by atoms with van der Waals surface area (Å²) in [5, 5.41) is 6.18. The van der Waals surface area contributed by atoms with Crippen molar-refractivity contribution in [1.82, 2.24) is 5.32 Å². The molecule has 1 N–H and O–H groups in total. The molecule has 0 aliphatic carbocycles. The number of rotatable bonds is 0. The SMILES string of the molecule is c1ccc2c3c(ccc2c1)OC[C@H]1CNC[C@H]31. The highest BCUT2D eigenvalue weighted by molar-refractivity contribution is 5.88. The molecule has 0 aromatic heterocycles. The van der Waals surface area contributed by atoms with Gasteiger partial charge >= 0.3 is 0 Å². The minimum atomic E-state index is 0.629. The summed E-state index contributed by atoms with van der Waals surface area (Å²) in [5.74, 6) is 2.37. The molecule has 17 heavy (non-hydrogen) atoms. The molecule has 0 unspecified atom stereocenters. The zero-order chi connectivity index (χ0) is 11.2. The second-order valence-electron chi connectivity index (χ2n) is 5.03. The van der Waals surface area contributed by atoms with Gasteiger partial charge in [-0.05, 0) is 16.8 Å². The second-order valence-corrected chi connectivity index (χ2v) is 5.03. The third-order valence-electron chi connectivity index (χ3n) is 4.09. The van der Waals surface area contributed by atoms with Gasteiger partial charge in [-0.1, -0.05) is 30.3 Å². The Morgan fingerprint density at radius 3 is 3.00 bits per heavy atom. The van der Waals surface area contributed by atoms with Crippen molar-refractivity contribution >= 4 is 10.8 Å². The second kappa shape index (κ2) is 3.47. The Bertz CT molecular complexity index is 578. The van der Waals surface area contributed by atoms with Crippen molar-refractivity contribution in [3.8, 4) is 5.75 Å². The average molecular weight is 225 g/mol. The van der Waals surface area contributed by atoms with Gasteiger partial charge in [0.25, 0.3) is 0 Å². The lowest BCUT2D eigenvalue weighted by Gasteiger charge is -2.29. The monoisotopic (exact) mass is 225 g/mol. The van der Waals surface area contributed by atoms with Crippen LogP contribution < -0.4 is 10.1 Å². The molecule has 2 heteroatoms. The van der Waals surface area contributed by atoms with Crippen LogP contribution in [0.2, 0.25) is 0 Å². The zero-order valence-electron chi connectivity index (χ0n) is 9.65. The number of nitrogens with one attached hydrogen (secondary N) is 1. The van der Waals surface area contributed by atoms with Gasteiger partial charge in [-0.3, -0.25) is 0 Å². The van der Waals surface area contributed by atoms with Crippen LogP contribution in [0, 0.1) is 5.92 Å². The van der Waals surface area contributed by atoms with Gasteiger partial charge in [0, 0.05) is 30.5 Å². The van der Waals surface area contributed by atoms with Crippen molar-refractivity contribution in [3.05, 3.63) is 42.0 Å². The van der Waals surface area contributed by atoms with Crippen LogP contribution in [0.1, 0.15) is 11.5 Å². The summed E-state index contributed by atoms with van der Waals surface area (Å²) < 4.78 is 5.91. The van der Waals surface area contributed by atoms with Crippen molar-refractivity contribution in [1.29, 1.82) is 0 Å². The fraction of sp³-hybridized carbons (Fsp3) is 0.333. The fourth-order valence-electron chi connectivity index (χ4n) is 3.23. The maximum atomic E-state index is 5.91. The van der Waals surface area contributed by atoms with Gasteiger partial charge in [0.1, 0.15) is 5.75 Å². The number of hydrogen-bond donors (Lipinski definition) is 1. The molecule has 86 valence electrons. The van der Waals surface area contributed by atoms with Gasteiger partial charge in [0.05, 0.1) is 6.61 Å². The lowest BCUT2D eigenvalue weighted by molar-refractivity contribution is 0.221. The molecule has 0 amide bonds. The summed E-state index contributed by atoms with van der Waals surface area (Å²) in [5.41, 5.74) is 1.42. The standard InChI is InChI=1S/C15H15NO/c1-2-4-12-10(3-1)5-6-14-15(12)13-8-16-7-11(13)9-17-14/h1-6,11,13,16H,7-9H2/t11-,13+/m1/s1. The molecular formula is C15H15NO. The first-order chi connectivity index (χ1) is 8.43. The van der Waals surface area contributed by atoms with Crippen LogP contribution in [-0.2, 0) is 0 Å². The van der Waals surface area contributed by atoms with E-state index in [9.17, 15) is 0 Å². The van der Waals surface area contributed by atoms with Crippen LogP contribution in [0.4, 0.5) is 0 Å². The van der Waals surface area contributed by atoms with Gasteiger partial charge in [-0.2, -0.15) is 0 Å². The predicted molar refractivity (Wildman–Crippen MR) is 68.5 cm³/mol. The first-order valence-corrected chi connectivity index (χ1v) is 6.28. The average Bonchev–Trinajstić information content (AvgIpc) is 2.86. The predicted octanol–water partition coefficient (Wildman–Crippen LogP) is 2.54. The molecule has 2 aromatic carbocycles. The lowest BCUT2D eigenvalue weighted by Crippen LogP contribution is -2.24. The normalized spacial score (nSPS) is 26.4. The van der Waals surface area contributed by atoms with Gasteiger partial charge < -0.3 is 10.1 Å². The van der Waals surface area contributed by atoms with Crippen molar-refractivity contribution in [3.63, 3.8) is 0 Å². The molecule has 0 spiro atoms. The van der Waals surface area contributed by atoms with Crippen LogP contribution in [0.5, 0.6) is 5.75 Å². The van der Waals surface area contributed by atoms with E-state index in [1.54, 1.807) is 0 Å². The molecule has 2 atom stereocenters. The molecule has 0 bridgehead atoms. The largest absolute Gasteiger partial charge is 0.493 e. The Morgan fingerprint density at radius 1 is 1.06 bits per heavy atom. The highest BCUT2D eigenvalue weighted by Crippen LogP contribution is 2.42. The van der Waals surface area contributed by atoms with Gasteiger partial charge in [-0.25, -0.2) is 0 Å². The topological polar surface area (TPSA) is 21.3 Å². The minimum Gasteiger partial charge on any atom is -0.493 e. The summed E-state index contributed by atoms with van der Waals surface area (Å²) >= 11 is 0. The van der Waals surface area contributed by atoms with Crippen molar-refractivity contribution in [2.24, 2.45) is 5.92 Å². The molecule has 0 saturated carbocycles. The van der Waals surface area contributed by atoms with E-state index in [1.807, 2.05) is 0 Å². The molecule has 2 heterocycles. The van der Waals surface area contributed by atoms with E-state index in [0.717, 1.165) is 25.4 Å². The Balaban J connectivity index is 2.01. The van der Waals surface area contributed by atoms with Crippen molar-refractivity contribution in [2.75, 3.05) is 19.7 Å². The lowest BCUT2D eigenvalue weighted by atomic mass is 9.84. The Morgan fingerprint density at radius 2 is 2.00 bits per heavy atom. The highest BCUT2D eigenvalue weighted by atomic mass is 16.5. The smallest absolute Gasteiger partial charge is 0.123 e. The molecule has 1 saturated heterocycles. The third kappa shape index (κ3) is 1.31. The minimum absolute atomic E-state index is 0.629. The maximum Gasteiger partial charge on any atom is 0.123 e. The molecule has 0 radical (unpaired) electrons. The fourth-order valence-corrected chi connectivity index (χ4v) is 3.23. The summed E-state index contributed by atoms with van der Waals surface area (Å²) in [6.45, 7) is 3.05. The summed E-state index contributed by atoms with van der Waals surface area (Å²) in [6, 6.07) is 12.9. The van der Waals surface area contributed by atoms with E-state index < -0.39 is 0 Å². The molecule has 2 aromatic rings.